The third-order valence-electron chi connectivity index (χ3n) is 13.1. The van der Waals surface area contributed by atoms with Crippen LogP contribution in [0.3, 0.4) is 0 Å². The summed E-state index contributed by atoms with van der Waals surface area (Å²) in [6, 6.07) is 5.22. The Bertz CT molecular complexity index is 2000. The highest BCUT2D eigenvalue weighted by Gasteiger charge is 2.54. The van der Waals surface area contributed by atoms with Gasteiger partial charge in [-0.15, -0.1) is 6.58 Å². The van der Waals surface area contributed by atoms with E-state index in [4.69, 9.17) is 38.0 Å². The molecule has 18 nitrogen and oxygen atoms in total. The minimum Gasteiger partial charge on any atom is -0.459 e. The number of carbonyl (C=O) groups excluding carboxylic acids is 3. The fourth-order valence-corrected chi connectivity index (χ4v) is 9.70. The third kappa shape index (κ3) is 12.6. The number of likely N-dealkylation sites (N-methyl/N-ethyl adjacent to an activating group) is 1. The number of aromatic nitrogens is 3. The first-order valence-electron chi connectivity index (χ1n) is 23.0. The summed E-state index contributed by atoms with van der Waals surface area (Å²) in [4.78, 5) is 57.3. The fraction of sp³-hybridized carbons (Fsp3) is 0.688. The molecule has 0 aliphatic carbocycles. The van der Waals surface area contributed by atoms with Gasteiger partial charge in [-0.1, -0.05) is 38.9 Å². The Kier molecular flexibility index (Phi) is 18.3. The van der Waals surface area contributed by atoms with E-state index in [1.54, 1.807) is 37.0 Å². The summed E-state index contributed by atoms with van der Waals surface area (Å²) >= 11 is 0. The number of hydrogen-bond acceptors (Lipinski definition) is 16. The first kappa shape index (κ1) is 52.5. The van der Waals surface area contributed by atoms with Gasteiger partial charge in [0.1, 0.15) is 17.4 Å². The summed E-state index contributed by atoms with van der Waals surface area (Å²) in [5, 5.41) is 21.2. The van der Waals surface area contributed by atoms with Crippen LogP contribution in [0.2, 0.25) is 0 Å². The Labute approximate surface area is 389 Å². The van der Waals surface area contributed by atoms with Crippen molar-refractivity contribution in [2.75, 3.05) is 33.9 Å². The molecule has 2 aromatic heterocycles. The maximum Gasteiger partial charge on any atom is 0.311 e. The summed E-state index contributed by atoms with van der Waals surface area (Å²) in [6.45, 7) is 21.1. The standard InChI is InChI=1S/C48H72N6O12/c1-14-21-60-48(11)39(15-2)65-45(58)32(7)41(57)31(6)43(66-46-42(64-34(9)56)38(53(12)13)22-29(4)63-46)47(10)23-28(3)40(51-33(8)55)30(5)44(48)59-25-36(26-61-47)52-62-27-35-17-18-37(24-49-35)54-20-16-19-50-54/h14,16-20,24,28-32,38-39,41-44,46,57H,1,15,21-23,25-27H2,2-13H3/b51-40?,52-36+/t28-,29-,30+,31+,32?,38+,39-,41?,42-,43-,44+,46+,47-,48-/m1/s1. The van der Waals surface area contributed by atoms with Crippen molar-refractivity contribution in [2.45, 2.75) is 155 Å². The zero-order chi connectivity index (χ0) is 48.5. The van der Waals surface area contributed by atoms with Gasteiger partial charge in [0, 0.05) is 43.8 Å². The summed E-state index contributed by atoms with van der Waals surface area (Å²) < 4.78 is 48.1. The van der Waals surface area contributed by atoms with Crippen LogP contribution in [0.25, 0.3) is 5.69 Å². The van der Waals surface area contributed by atoms with Crippen LogP contribution in [0, 0.1) is 23.7 Å². The van der Waals surface area contributed by atoms with Crippen molar-refractivity contribution in [3.05, 3.63) is 55.1 Å². The topological polar surface area (TPSA) is 204 Å². The molecule has 3 aliphatic heterocycles. The molecule has 5 rings (SSSR count). The van der Waals surface area contributed by atoms with Gasteiger partial charge >= 0.3 is 11.9 Å². The van der Waals surface area contributed by atoms with Crippen LogP contribution in [0.4, 0.5) is 0 Å². The van der Waals surface area contributed by atoms with Crippen LogP contribution >= 0.6 is 0 Å². The number of pyridine rings is 1. The Morgan fingerprint density at radius 1 is 1.11 bits per heavy atom. The van der Waals surface area contributed by atoms with Crippen LogP contribution < -0.4 is 0 Å². The van der Waals surface area contributed by atoms with Crippen LogP contribution in [-0.4, -0.2) is 148 Å². The molecule has 66 heavy (non-hydrogen) atoms. The number of nitrogens with zero attached hydrogens (tertiary/aromatic N) is 6. The van der Waals surface area contributed by atoms with Crippen molar-refractivity contribution >= 4 is 29.3 Å². The molecule has 5 heterocycles. The minimum absolute atomic E-state index is 0.00902. The fourth-order valence-electron chi connectivity index (χ4n) is 9.70. The van der Waals surface area contributed by atoms with Crippen LogP contribution in [0.5, 0.6) is 0 Å². The van der Waals surface area contributed by atoms with Crippen molar-refractivity contribution in [3.8, 4) is 5.69 Å². The molecule has 0 radical (unpaired) electrons. The maximum absolute atomic E-state index is 14.3. The van der Waals surface area contributed by atoms with E-state index < -0.39 is 89.5 Å². The average Bonchev–Trinajstić information content (AvgIpc) is 3.81. The molecule has 14 atom stereocenters. The van der Waals surface area contributed by atoms with Gasteiger partial charge in [-0.05, 0) is 85.2 Å². The molecule has 1 N–H and O–H groups in total. The number of fused-ring (bicyclic) bond motifs is 5. The number of amides is 1. The largest absolute Gasteiger partial charge is 0.459 e. The van der Waals surface area contributed by atoms with Crippen LogP contribution in [0.1, 0.15) is 94.2 Å². The van der Waals surface area contributed by atoms with E-state index >= 15 is 0 Å². The van der Waals surface area contributed by atoms with Gasteiger partial charge in [0.2, 0.25) is 5.91 Å². The number of esters is 2. The monoisotopic (exact) mass is 925 g/mol. The molecule has 3 fully saturated rings. The van der Waals surface area contributed by atoms with Gasteiger partial charge in [-0.3, -0.25) is 19.4 Å². The third-order valence-corrected chi connectivity index (χ3v) is 13.1. The molecular formula is C48H72N6O12. The highest BCUT2D eigenvalue weighted by molar-refractivity contribution is 5.98. The smallest absolute Gasteiger partial charge is 0.311 e. The van der Waals surface area contributed by atoms with E-state index in [1.165, 1.54) is 13.8 Å². The molecule has 366 valence electrons. The Morgan fingerprint density at radius 3 is 2.45 bits per heavy atom. The lowest BCUT2D eigenvalue weighted by Gasteiger charge is -2.49. The van der Waals surface area contributed by atoms with Crippen molar-refractivity contribution < 1.29 is 57.5 Å². The molecule has 2 aromatic rings. The van der Waals surface area contributed by atoms with Crippen molar-refractivity contribution in [1.29, 1.82) is 0 Å². The number of cyclic esters (lactones) is 1. The van der Waals surface area contributed by atoms with E-state index in [0.29, 0.717) is 30.0 Å². The lowest BCUT2D eigenvalue weighted by Crippen LogP contribution is -2.61. The van der Waals surface area contributed by atoms with Gasteiger partial charge in [0.25, 0.3) is 0 Å². The molecule has 2 unspecified atom stereocenters. The van der Waals surface area contributed by atoms with Crippen LogP contribution in [0.15, 0.2) is 59.6 Å². The van der Waals surface area contributed by atoms with Gasteiger partial charge in [-0.25, -0.2) is 9.67 Å². The highest BCUT2D eigenvalue weighted by atomic mass is 16.7. The SMILES string of the molecule is C=CCO[C@]1(C)[C@@H](CC)OC(=O)C(C)C(O)[C@H](C)[C@@H](O[C@@H]2O[C@H](C)C[C@H](N(C)C)[C@H]2OC(C)=O)[C@@]2(C)C[C@@H](C)C(=NC(C)=O)[C@H](C)[C@@H]1OC/C(=N\OCc1ccc(-n3cccn3)cn1)CO2. The zero-order valence-electron chi connectivity index (χ0n) is 40.7. The van der Waals surface area contributed by atoms with Gasteiger partial charge in [0.05, 0.1) is 79.4 Å². The normalized spacial score (nSPS) is 36.2. The second-order valence-electron chi connectivity index (χ2n) is 18.6. The van der Waals surface area contributed by atoms with E-state index in [1.807, 2.05) is 84.9 Å². The Morgan fingerprint density at radius 2 is 1.85 bits per heavy atom. The predicted molar refractivity (Wildman–Crippen MR) is 245 cm³/mol. The minimum atomic E-state index is -1.37. The lowest BCUT2D eigenvalue weighted by molar-refractivity contribution is -0.304. The quantitative estimate of drug-likeness (QED) is 0.164. The molecule has 18 heteroatoms. The van der Waals surface area contributed by atoms with E-state index in [-0.39, 0.29) is 45.0 Å². The Balaban J connectivity index is 1.70. The second kappa shape index (κ2) is 23.0. The van der Waals surface area contributed by atoms with Crippen molar-refractivity contribution in [1.82, 2.24) is 19.7 Å². The molecule has 3 aliphatic rings. The number of aliphatic hydroxyl groups excluding tert-OH is 1. The maximum atomic E-state index is 14.3. The van der Waals surface area contributed by atoms with E-state index in [0.717, 1.165) is 5.69 Å². The number of oxime groups is 1. The number of aliphatic hydroxyl groups is 1. The van der Waals surface area contributed by atoms with Crippen molar-refractivity contribution in [3.63, 3.8) is 0 Å². The highest BCUT2D eigenvalue weighted by Crippen LogP contribution is 2.42. The predicted octanol–water partition coefficient (Wildman–Crippen LogP) is 5.28. The number of rotatable bonds is 12. The second-order valence-corrected chi connectivity index (χ2v) is 18.6. The zero-order valence-corrected chi connectivity index (χ0v) is 40.7. The molecule has 1 amide bonds. The summed E-state index contributed by atoms with van der Waals surface area (Å²) in [5.41, 5.74) is -0.531. The number of aliphatic imine (C=N–C) groups is 1. The first-order valence-corrected chi connectivity index (χ1v) is 23.0. The summed E-state index contributed by atoms with van der Waals surface area (Å²) in [5.74, 6) is -4.67. The average molecular weight is 925 g/mol. The number of carbonyl (C=O) groups is 3. The first-order chi connectivity index (χ1) is 31.2. The molecule has 0 saturated carbocycles. The van der Waals surface area contributed by atoms with Crippen LogP contribution in [-0.2, 0) is 59.0 Å². The van der Waals surface area contributed by atoms with Gasteiger partial charge in [0.15, 0.2) is 19.0 Å². The molecule has 0 aromatic carbocycles. The number of hydrogen-bond donors (Lipinski definition) is 1. The molecule has 3 saturated heterocycles. The summed E-state index contributed by atoms with van der Waals surface area (Å²) in [7, 11) is 3.79. The number of ether oxygens (including phenoxy) is 7. The Hall–Kier alpha value is -4.43. The van der Waals surface area contributed by atoms with E-state index in [9.17, 15) is 19.5 Å². The van der Waals surface area contributed by atoms with Gasteiger partial charge in [-0.2, -0.15) is 5.10 Å². The van der Waals surface area contributed by atoms with E-state index in [2.05, 4.69) is 26.8 Å². The molecule has 0 spiro atoms. The molecule has 2 bridgehead atoms. The lowest BCUT2D eigenvalue weighted by atomic mass is 9.73. The summed E-state index contributed by atoms with van der Waals surface area (Å²) in [6.07, 6.45) is 1.21. The van der Waals surface area contributed by atoms with Crippen molar-refractivity contribution in [2.24, 2.45) is 33.8 Å². The molecular weight excluding hydrogens is 853 g/mol. The van der Waals surface area contributed by atoms with Gasteiger partial charge < -0.3 is 48.0 Å².